The second-order valence-electron chi connectivity index (χ2n) is 5.03. The van der Waals surface area contributed by atoms with E-state index in [1.165, 1.54) is 0 Å². The fourth-order valence-electron chi connectivity index (χ4n) is 2.53. The molecule has 1 N–H and O–H groups in total. The third-order valence-corrected chi connectivity index (χ3v) is 3.94. The molecule has 2 aromatic rings. The fourth-order valence-corrected chi connectivity index (χ4v) is 3.04. The molecule has 0 amide bonds. The van der Waals surface area contributed by atoms with Gasteiger partial charge in [0.2, 0.25) is 0 Å². The first-order valence-corrected chi connectivity index (χ1v) is 7.57. The number of hydrogen-bond acceptors (Lipinski definition) is 4. The van der Waals surface area contributed by atoms with Crippen molar-refractivity contribution in [1.82, 2.24) is 15.3 Å². The molecular formula is C15H15Cl2N3O. The van der Waals surface area contributed by atoms with Gasteiger partial charge in [0.1, 0.15) is 11.9 Å². The van der Waals surface area contributed by atoms with E-state index in [1.54, 1.807) is 36.8 Å². The van der Waals surface area contributed by atoms with E-state index in [4.69, 9.17) is 27.9 Å². The molecule has 1 aromatic carbocycles. The molecule has 0 saturated carbocycles. The molecule has 3 rings (SSSR count). The second-order valence-corrected chi connectivity index (χ2v) is 5.90. The average molecular weight is 324 g/mol. The first kappa shape index (κ1) is 14.6. The van der Waals surface area contributed by atoms with Crippen molar-refractivity contribution >= 4 is 23.2 Å². The molecule has 1 aliphatic rings. The van der Waals surface area contributed by atoms with E-state index in [1.807, 2.05) is 0 Å². The topological polar surface area (TPSA) is 47.0 Å². The lowest BCUT2D eigenvalue weighted by Crippen LogP contribution is -2.22. The Kier molecular flexibility index (Phi) is 4.58. The first-order valence-electron chi connectivity index (χ1n) is 6.82. The van der Waals surface area contributed by atoms with Gasteiger partial charge in [-0.25, -0.2) is 0 Å². The Morgan fingerprint density at radius 3 is 2.62 bits per heavy atom. The summed E-state index contributed by atoms with van der Waals surface area (Å²) >= 11 is 12.1. The van der Waals surface area contributed by atoms with Gasteiger partial charge >= 0.3 is 0 Å². The maximum Gasteiger partial charge on any atom is 0.146 e. The quantitative estimate of drug-likeness (QED) is 0.935. The van der Waals surface area contributed by atoms with E-state index >= 15 is 0 Å². The van der Waals surface area contributed by atoms with Crippen molar-refractivity contribution in [2.75, 3.05) is 13.1 Å². The van der Waals surface area contributed by atoms with Crippen molar-refractivity contribution in [3.63, 3.8) is 0 Å². The summed E-state index contributed by atoms with van der Waals surface area (Å²) < 4.78 is 6.13. The van der Waals surface area contributed by atoms with Crippen molar-refractivity contribution in [2.45, 2.75) is 12.5 Å². The van der Waals surface area contributed by atoms with Crippen molar-refractivity contribution in [2.24, 2.45) is 5.92 Å². The number of ether oxygens (including phenoxy) is 1. The lowest BCUT2D eigenvalue weighted by molar-refractivity contribution is 0.139. The van der Waals surface area contributed by atoms with E-state index in [0.717, 1.165) is 25.2 Å². The Hall–Kier alpha value is -1.36. The van der Waals surface area contributed by atoms with Crippen LogP contribution in [0.2, 0.25) is 10.0 Å². The van der Waals surface area contributed by atoms with Crippen molar-refractivity contribution in [3.05, 3.63) is 52.5 Å². The van der Waals surface area contributed by atoms with Gasteiger partial charge in [0, 0.05) is 34.9 Å². The highest BCUT2D eigenvalue weighted by Crippen LogP contribution is 2.33. The maximum atomic E-state index is 6.13. The zero-order chi connectivity index (χ0) is 14.7. The number of rotatable bonds is 4. The van der Waals surface area contributed by atoms with E-state index < -0.39 is 0 Å². The van der Waals surface area contributed by atoms with Gasteiger partial charge in [-0.2, -0.15) is 0 Å². The summed E-state index contributed by atoms with van der Waals surface area (Å²) in [7, 11) is 0. The summed E-state index contributed by atoms with van der Waals surface area (Å²) in [6.07, 6.45) is 5.95. The third-order valence-electron chi connectivity index (χ3n) is 3.50. The van der Waals surface area contributed by atoms with E-state index in [-0.39, 0.29) is 6.10 Å². The summed E-state index contributed by atoms with van der Waals surface area (Å²) in [6.45, 7) is 1.89. The highest BCUT2D eigenvalue weighted by molar-refractivity contribution is 6.34. The van der Waals surface area contributed by atoms with Crippen molar-refractivity contribution in [1.29, 1.82) is 0 Å². The van der Waals surface area contributed by atoms with Crippen LogP contribution in [0, 0.1) is 5.92 Å². The van der Waals surface area contributed by atoms with Gasteiger partial charge in [-0.1, -0.05) is 23.2 Å². The molecule has 0 spiro atoms. The molecule has 4 nitrogen and oxygen atoms in total. The zero-order valence-corrected chi connectivity index (χ0v) is 12.8. The molecule has 0 bridgehead atoms. The van der Waals surface area contributed by atoms with Crippen LogP contribution in [-0.2, 0) is 0 Å². The molecule has 1 aliphatic heterocycles. The standard InChI is InChI=1S/C15H15Cl2N3O/c16-11-5-12(17)7-13(6-11)21-15(10-1-2-18-8-10)14-9-19-3-4-20-14/h3-7,9-10,15,18H,1-2,8H2/t10-,15-/m0/s1. The summed E-state index contributed by atoms with van der Waals surface area (Å²) in [6, 6.07) is 5.21. The highest BCUT2D eigenvalue weighted by Gasteiger charge is 2.29. The molecule has 1 fully saturated rings. The van der Waals surface area contributed by atoms with E-state index in [9.17, 15) is 0 Å². The molecule has 1 aromatic heterocycles. The van der Waals surface area contributed by atoms with Crippen LogP contribution in [0.15, 0.2) is 36.8 Å². The molecule has 2 atom stereocenters. The predicted octanol–water partition coefficient (Wildman–Crippen LogP) is 3.51. The van der Waals surface area contributed by atoms with Gasteiger partial charge < -0.3 is 10.1 Å². The lowest BCUT2D eigenvalue weighted by atomic mass is 9.99. The maximum absolute atomic E-state index is 6.13. The Morgan fingerprint density at radius 2 is 2.00 bits per heavy atom. The van der Waals surface area contributed by atoms with Crippen LogP contribution in [0.5, 0.6) is 5.75 Å². The summed E-state index contributed by atoms with van der Waals surface area (Å²) in [4.78, 5) is 8.52. The minimum atomic E-state index is -0.164. The minimum Gasteiger partial charge on any atom is -0.484 e. The van der Waals surface area contributed by atoms with E-state index in [0.29, 0.717) is 21.7 Å². The van der Waals surface area contributed by atoms with Gasteiger partial charge in [0.25, 0.3) is 0 Å². The van der Waals surface area contributed by atoms with Gasteiger partial charge in [0.15, 0.2) is 0 Å². The number of nitrogens with one attached hydrogen (secondary N) is 1. The minimum absolute atomic E-state index is 0.164. The van der Waals surface area contributed by atoms with Crippen LogP contribution >= 0.6 is 23.2 Å². The molecule has 1 saturated heterocycles. The molecule has 110 valence electrons. The Bertz CT molecular complexity index is 583. The smallest absolute Gasteiger partial charge is 0.146 e. The SMILES string of the molecule is Clc1cc(Cl)cc(O[C@H](c2cnccn2)[C@H]2CCNC2)c1. The van der Waals surface area contributed by atoms with Crippen LogP contribution in [-0.4, -0.2) is 23.1 Å². The number of hydrogen-bond donors (Lipinski definition) is 1. The molecule has 0 radical (unpaired) electrons. The molecule has 21 heavy (non-hydrogen) atoms. The van der Waals surface area contributed by atoms with E-state index in [2.05, 4.69) is 15.3 Å². The van der Waals surface area contributed by atoms with Crippen LogP contribution in [0.25, 0.3) is 0 Å². The fraction of sp³-hybridized carbons (Fsp3) is 0.333. The van der Waals surface area contributed by atoms with Crippen molar-refractivity contribution in [3.8, 4) is 5.75 Å². The highest BCUT2D eigenvalue weighted by atomic mass is 35.5. The lowest BCUT2D eigenvalue weighted by Gasteiger charge is -2.23. The zero-order valence-electron chi connectivity index (χ0n) is 11.3. The van der Waals surface area contributed by atoms with Gasteiger partial charge in [-0.05, 0) is 31.2 Å². The molecule has 0 unspecified atom stereocenters. The Labute approximate surface area is 133 Å². The molecule has 0 aliphatic carbocycles. The number of halogens is 2. The summed E-state index contributed by atoms with van der Waals surface area (Å²) in [5.74, 6) is 0.995. The molecular weight excluding hydrogens is 309 g/mol. The number of nitrogens with zero attached hydrogens (tertiary/aromatic N) is 2. The van der Waals surface area contributed by atoms with Crippen LogP contribution < -0.4 is 10.1 Å². The van der Waals surface area contributed by atoms with Crippen molar-refractivity contribution < 1.29 is 4.74 Å². The van der Waals surface area contributed by atoms with Crippen LogP contribution in [0.1, 0.15) is 18.2 Å². The average Bonchev–Trinajstić information content (AvgIpc) is 2.98. The van der Waals surface area contributed by atoms with Gasteiger partial charge in [-0.3, -0.25) is 9.97 Å². The van der Waals surface area contributed by atoms with Crippen LogP contribution in [0.4, 0.5) is 0 Å². The van der Waals surface area contributed by atoms with Gasteiger partial charge in [-0.15, -0.1) is 0 Å². The molecule has 6 heteroatoms. The monoisotopic (exact) mass is 323 g/mol. The largest absolute Gasteiger partial charge is 0.484 e. The van der Waals surface area contributed by atoms with Crippen LogP contribution in [0.3, 0.4) is 0 Å². The number of aromatic nitrogens is 2. The predicted molar refractivity (Wildman–Crippen MR) is 82.8 cm³/mol. The number of benzene rings is 1. The molecule has 2 heterocycles. The first-order chi connectivity index (χ1) is 10.2. The Morgan fingerprint density at radius 1 is 1.19 bits per heavy atom. The third kappa shape index (κ3) is 3.64. The second kappa shape index (κ2) is 6.60. The van der Waals surface area contributed by atoms with Gasteiger partial charge in [0.05, 0.1) is 11.9 Å². The summed E-state index contributed by atoms with van der Waals surface area (Å²) in [5, 5.41) is 4.46. The Balaban J connectivity index is 1.88. The summed E-state index contributed by atoms with van der Waals surface area (Å²) in [5.41, 5.74) is 0.822. The normalized spacial score (nSPS) is 19.4.